The zero-order valence-corrected chi connectivity index (χ0v) is 17.0. The number of aromatic nitrogens is 1. The third kappa shape index (κ3) is 4.23. The van der Waals surface area contributed by atoms with Gasteiger partial charge in [-0.05, 0) is 66.5 Å². The SMILES string of the molecule is O=C(C[C@@H]1CN2CCC1CC2)c1nsc2cc(-c3ccccc3)ccc12.O=CO. The second-order valence-corrected chi connectivity index (χ2v) is 8.54. The first kappa shape index (κ1) is 19.7. The quantitative estimate of drug-likeness (QED) is 0.505. The Morgan fingerprint density at radius 3 is 2.52 bits per heavy atom. The minimum atomic E-state index is -0.250. The van der Waals surface area contributed by atoms with Crippen LogP contribution in [-0.2, 0) is 4.79 Å². The lowest BCUT2D eigenvalue weighted by molar-refractivity contribution is -0.122. The van der Waals surface area contributed by atoms with Crippen molar-refractivity contribution in [3.8, 4) is 11.1 Å². The Kier molecular flexibility index (Phi) is 6.02. The van der Waals surface area contributed by atoms with Crippen molar-refractivity contribution in [2.24, 2.45) is 11.8 Å². The summed E-state index contributed by atoms with van der Waals surface area (Å²) < 4.78 is 5.64. The van der Waals surface area contributed by atoms with Crippen LogP contribution < -0.4 is 0 Å². The van der Waals surface area contributed by atoms with Gasteiger partial charge in [0, 0.05) is 18.4 Å². The molecule has 3 saturated heterocycles. The molecule has 2 aromatic carbocycles. The largest absolute Gasteiger partial charge is 0.483 e. The third-order valence-electron chi connectivity index (χ3n) is 6.08. The Morgan fingerprint density at radius 2 is 1.86 bits per heavy atom. The summed E-state index contributed by atoms with van der Waals surface area (Å²) >= 11 is 1.45. The Morgan fingerprint density at radius 1 is 1.14 bits per heavy atom. The van der Waals surface area contributed by atoms with Gasteiger partial charge in [-0.15, -0.1) is 0 Å². The fourth-order valence-electron chi connectivity index (χ4n) is 4.60. The summed E-state index contributed by atoms with van der Waals surface area (Å²) in [7, 11) is 0. The Hall–Kier alpha value is -2.57. The van der Waals surface area contributed by atoms with Crippen molar-refractivity contribution >= 4 is 33.9 Å². The summed E-state index contributed by atoms with van der Waals surface area (Å²) in [5.41, 5.74) is 3.06. The standard InChI is InChI=1S/C22H22N2OS.CH2O2/c25-20(12-18-14-24-10-8-16(18)9-11-24)22-19-7-6-17(13-21(19)26-23-22)15-4-2-1-3-5-15;2-1-3/h1-7,13,16,18H,8-12,14H2;1H,(H,2,3)/t18-;/m1./s1. The van der Waals surface area contributed by atoms with Gasteiger partial charge >= 0.3 is 0 Å². The fraction of sp³-hybridized carbons (Fsp3) is 0.348. The van der Waals surface area contributed by atoms with E-state index in [-0.39, 0.29) is 12.3 Å². The number of hydrogen-bond acceptors (Lipinski definition) is 5. The molecule has 0 spiro atoms. The molecule has 0 amide bonds. The minimum Gasteiger partial charge on any atom is -0.483 e. The van der Waals surface area contributed by atoms with E-state index in [2.05, 4.69) is 51.7 Å². The van der Waals surface area contributed by atoms with E-state index < -0.39 is 0 Å². The molecular formula is C23H24N2O3S. The Labute approximate surface area is 174 Å². The maximum Gasteiger partial charge on any atom is 0.290 e. The first-order valence-electron chi connectivity index (χ1n) is 9.98. The van der Waals surface area contributed by atoms with Gasteiger partial charge in [0.15, 0.2) is 5.78 Å². The summed E-state index contributed by atoms with van der Waals surface area (Å²) in [6.45, 7) is 3.28. The maximum absolute atomic E-state index is 12.9. The second kappa shape index (κ2) is 8.84. The van der Waals surface area contributed by atoms with Gasteiger partial charge in [0.2, 0.25) is 0 Å². The Bertz CT molecular complexity index is 994. The molecule has 1 atom stereocenters. The van der Waals surface area contributed by atoms with E-state index in [0.29, 0.717) is 18.0 Å². The smallest absolute Gasteiger partial charge is 0.290 e. The number of fused-ring (bicyclic) bond motifs is 4. The van der Waals surface area contributed by atoms with Gasteiger partial charge in [-0.3, -0.25) is 9.59 Å². The fourth-order valence-corrected chi connectivity index (χ4v) is 5.43. The number of carboxylic acid groups (broad SMARTS) is 1. The molecule has 3 aliphatic rings. The highest BCUT2D eigenvalue weighted by molar-refractivity contribution is 7.13. The Balaban J connectivity index is 0.000000645. The van der Waals surface area contributed by atoms with Crippen molar-refractivity contribution in [2.75, 3.05) is 19.6 Å². The van der Waals surface area contributed by atoms with E-state index in [4.69, 9.17) is 9.90 Å². The number of carbonyl (C=O) groups excluding carboxylic acids is 1. The molecule has 0 radical (unpaired) electrons. The molecule has 3 fully saturated rings. The average Bonchev–Trinajstić information content (AvgIpc) is 3.19. The molecule has 6 heteroatoms. The van der Waals surface area contributed by atoms with Crippen molar-refractivity contribution in [1.82, 2.24) is 9.27 Å². The summed E-state index contributed by atoms with van der Waals surface area (Å²) in [4.78, 5) is 23.8. The summed E-state index contributed by atoms with van der Waals surface area (Å²) in [5, 5.41) is 7.90. The van der Waals surface area contributed by atoms with E-state index >= 15 is 0 Å². The van der Waals surface area contributed by atoms with E-state index in [9.17, 15) is 4.79 Å². The van der Waals surface area contributed by atoms with Crippen molar-refractivity contribution in [1.29, 1.82) is 0 Å². The van der Waals surface area contributed by atoms with Crippen LogP contribution in [0.3, 0.4) is 0 Å². The van der Waals surface area contributed by atoms with Gasteiger partial charge in [0.25, 0.3) is 6.47 Å². The monoisotopic (exact) mass is 408 g/mol. The maximum atomic E-state index is 12.9. The highest BCUT2D eigenvalue weighted by atomic mass is 32.1. The number of benzene rings is 2. The van der Waals surface area contributed by atoms with Gasteiger partial charge in [-0.1, -0.05) is 42.5 Å². The molecule has 3 aliphatic heterocycles. The van der Waals surface area contributed by atoms with E-state index in [1.807, 2.05) is 6.07 Å². The van der Waals surface area contributed by atoms with Crippen LogP contribution in [0.1, 0.15) is 29.8 Å². The lowest BCUT2D eigenvalue weighted by Gasteiger charge is -2.44. The van der Waals surface area contributed by atoms with E-state index in [1.165, 1.54) is 48.6 Å². The lowest BCUT2D eigenvalue weighted by Crippen LogP contribution is -2.47. The number of nitrogens with zero attached hydrogens (tertiary/aromatic N) is 2. The summed E-state index contributed by atoms with van der Waals surface area (Å²) in [6, 6.07) is 16.7. The summed E-state index contributed by atoms with van der Waals surface area (Å²) in [6.07, 6.45) is 3.17. The zero-order valence-electron chi connectivity index (χ0n) is 16.2. The predicted molar refractivity (Wildman–Crippen MR) is 115 cm³/mol. The lowest BCUT2D eigenvalue weighted by atomic mass is 9.76. The van der Waals surface area contributed by atoms with Gasteiger partial charge < -0.3 is 10.0 Å². The van der Waals surface area contributed by atoms with Crippen LogP contribution in [0.25, 0.3) is 21.2 Å². The zero-order chi connectivity index (χ0) is 20.2. The van der Waals surface area contributed by atoms with Gasteiger partial charge in [-0.2, -0.15) is 4.37 Å². The van der Waals surface area contributed by atoms with Crippen molar-refractivity contribution in [3.05, 3.63) is 54.2 Å². The van der Waals surface area contributed by atoms with Crippen molar-refractivity contribution in [2.45, 2.75) is 19.3 Å². The molecule has 1 N–H and O–H groups in total. The van der Waals surface area contributed by atoms with Crippen LogP contribution in [0.5, 0.6) is 0 Å². The topological polar surface area (TPSA) is 70.5 Å². The number of Topliss-reactive ketones (excluding diaryl/α,β-unsaturated/α-hetero) is 1. The molecule has 150 valence electrons. The second-order valence-electron chi connectivity index (χ2n) is 7.74. The van der Waals surface area contributed by atoms with Gasteiger partial charge in [0.05, 0.1) is 4.70 Å². The molecular weight excluding hydrogens is 384 g/mol. The molecule has 0 saturated carbocycles. The normalized spacial score (nSPS) is 22.7. The molecule has 2 bridgehead atoms. The highest BCUT2D eigenvalue weighted by Gasteiger charge is 2.35. The van der Waals surface area contributed by atoms with Crippen LogP contribution in [0.15, 0.2) is 48.5 Å². The van der Waals surface area contributed by atoms with Crippen molar-refractivity contribution < 1.29 is 14.7 Å². The van der Waals surface area contributed by atoms with E-state index in [0.717, 1.165) is 22.5 Å². The van der Waals surface area contributed by atoms with E-state index in [1.54, 1.807) is 0 Å². The van der Waals surface area contributed by atoms with Crippen molar-refractivity contribution in [3.63, 3.8) is 0 Å². The van der Waals surface area contributed by atoms with Crippen LogP contribution in [-0.4, -0.2) is 46.3 Å². The summed E-state index contributed by atoms with van der Waals surface area (Å²) in [5.74, 6) is 1.48. The first-order valence-corrected chi connectivity index (χ1v) is 10.7. The first-order chi connectivity index (χ1) is 14.2. The molecule has 0 unspecified atom stereocenters. The average molecular weight is 409 g/mol. The van der Waals surface area contributed by atoms with Crippen LogP contribution >= 0.6 is 11.5 Å². The molecule has 5 nitrogen and oxygen atoms in total. The molecule has 0 aliphatic carbocycles. The molecule has 3 aromatic rings. The number of piperidine rings is 3. The minimum absolute atomic E-state index is 0.225. The van der Waals surface area contributed by atoms with Gasteiger partial charge in [-0.25, -0.2) is 0 Å². The number of hydrogen-bond donors (Lipinski definition) is 1. The predicted octanol–water partition coefficient (Wildman–Crippen LogP) is 4.58. The van der Waals surface area contributed by atoms with Crippen LogP contribution in [0.2, 0.25) is 0 Å². The molecule has 1 aromatic heterocycles. The van der Waals surface area contributed by atoms with Gasteiger partial charge in [0.1, 0.15) is 5.69 Å². The third-order valence-corrected chi connectivity index (χ3v) is 6.89. The molecule has 6 rings (SSSR count). The highest BCUT2D eigenvalue weighted by Crippen LogP contribution is 2.36. The molecule has 29 heavy (non-hydrogen) atoms. The number of rotatable bonds is 4. The number of ketones is 1. The van der Waals surface area contributed by atoms with Crippen LogP contribution in [0, 0.1) is 11.8 Å². The molecule has 4 heterocycles. The number of carbonyl (C=O) groups is 2. The van der Waals surface area contributed by atoms with Crippen LogP contribution in [0.4, 0.5) is 0 Å².